The Balaban J connectivity index is 1.85. The number of hydrogen-bond donors (Lipinski definition) is 2. The van der Waals surface area contributed by atoms with Crippen LogP contribution in [0.5, 0.6) is 17.2 Å². The highest BCUT2D eigenvalue weighted by Gasteiger charge is 2.32. The van der Waals surface area contributed by atoms with Crippen LogP contribution in [-0.4, -0.2) is 30.8 Å². The number of carbonyl (C=O) groups is 2. The molecule has 3 rings (SSSR count). The van der Waals surface area contributed by atoms with Gasteiger partial charge in [0.15, 0.2) is 11.5 Å². The first-order valence-electron chi connectivity index (χ1n) is 7.64. The average molecular weight is 382 g/mol. The summed E-state index contributed by atoms with van der Waals surface area (Å²) in [5, 5.41) is 11.9. The van der Waals surface area contributed by atoms with Crippen LogP contribution in [0.15, 0.2) is 36.4 Å². The molecule has 10 heteroatoms. The molecule has 0 saturated carbocycles. The van der Waals surface area contributed by atoms with Gasteiger partial charge in [0.05, 0.1) is 11.3 Å². The van der Waals surface area contributed by atoms with Gasteiger partial charge in [-0.25, -0.2) is 9.69 Å². The van der Waals surface area contributed by atoms with Crippen LogP contribution in [-0.2, 0) is 11.0 Å². The normalized spacial score (nSPS) is 13.0. The van der Waals surface area contributed by atoms with E-state index >= 15 is 0 Å². The van der Waals surface area contributed by atoms with Gasteiger partial charge in [0, 0.05) is 17.8 Å². The molecule has 0 bridgehead atoms. The number of fused-ring (bicyclic) bond motifs is 1. The van der Waals surface area contributed by atoms with Crippen molar-refractivity contribution >= 4 is 23.8 Å². The summed E-state index contributed by atoms with van der Waals surface area (Å²) >= 11 is 0. The monoisotopic (exact) mass is 382 g/mol. The van der Waals surface area contributed by atoms with E-state index in [1.807, 2.05) is 0 Å². The number of anilines is 2. The van der Waals surface area contributed by atoms with Crippen LogP contribution < -0.4 is 19.7 Å². The summed E-state index contributed by atoms with van der Waals surface area (Å²) in [6.07, 6.45) is -4.71. The van der Waals surface area contributed by atoms with Crippen molar-refractivity contribution in [3.63, 3.8) is 0 Å². The van der Waals surface area contributed by atoms with Crippen molar-refractivity contribution in [3.8, 4) is 17.2 Å². The number of alkyl halides is 3. The predicted octanol–water partition coefficient (Wildman–Crippen LogP) is 3.38. The van der Waals surface area contributed by atoms with Crippen LogP contribution in [0.2, 0.25) is 0 Å². The largest absolute Gasteiger partial charge is 0.508 e. The molecule has 142 valence electrons. The van der Waals surface area contributed by atoms with Gasteiger partial charge in [0.25, 0.3) is 0 Å². The van der Waals surface area contributed by atoms with Crippen molar-refractivity contribution in [3.05, 3.63) is 42.0 Å². The first-order chi connectivity index (χ1) is 12.8. The van der Waals surface area contributed by atoms with E-state index < -0.39 is 29.2 Å². The summed E-state index contributed by atoms with van der Waals surface area (Å²) in [5.41, 5.74) is -1.39. The Labute approximate surface area is 150 Å². The Kier molecular flexibility index (Phi) is 4.80. The fourth-order valence-electron chi connectivity index (χ4n) is 2.43. The highest BCUT2D eigenvalue weighted by molar-refractivity contribution is 6.12. The number of amides is 3. The van der Waals surface area contributed by atoms with Gasteiger partial charge in [0.2, 0.25) is 6.41 Å². The SMILES string of the molecule is O=CN(C(=O)Nc1ccc2c(c1)OCCO2)c1cc(O)cc(C(F)(F)F)c1. The van der Waals surface area contributed by atoms with E-state index in [0.717, 1.165) is 6.07 Å². The maximum Gasteiger partial charge on any atom is 0.416 e. The second-order valence-corrected chi connectivity index (χ2v) is 5.50. The summed E-state index contributed by atoms with van der Waals surface area (Å²) in [7, 11) is 0. The summed E-state index contributed by atoms with van der Waals surface area (Å²) in [6.45, 7) is 0.713. The molecule has 0 aromatic heterocycles. The van der Waals surface area contributed by atoms with E-state index in [1.54, 1.807) is 6.07 Å². The molecule has 1 aliphatic rings. The number of rotatable bonds is 3. The van der Waals surface area contributed by atoms with Gasteiger partial charge in [-0.2, -0.15) is 13.2 Å². The van der Waals surface area contributed by atoms with E-state index in [0.29, 0.717) is 41.7 Å². The molecular weight excluding hydrogens is 369 g/mol. The van der Waals surface area contributed by atoms with Crippen LogP contribution in [0, 0.1) is 0 Å². The summed E-state index contributed by atoms with van der Waals surface area (Å²) in [4.78, 5) is 24.0. The molecule has 1 heterocycles. The third-order valence-corrected chi connectivity index (χ3v) is 3.63. The quantitative estimate of drug-likeness (QED) is 0.795. The minimum Gasteiger partial charge on any atom is -0.508 e. The van der Waals surface area contributed by atoms with Gasteiger partial charge in [-0.15, -0.1) is 0 Å². The molecular formula is C17H13F3N2O5. The highest BCUT2D eigenvalue weighted by atomic mass is 19.4. The molecule has 3 amide bonds. The molecule has 2 N–H and O–H groups in total. The lowest BCUT2D eigenvalue weighted by atomic mass is 10.1. The number of nitrogens with zero attached hydrogens (tertiary/aromatic N) is 1. The minimum atomic E-state index is -4.76. The van der Waals surface area contributed by atoms with E-state index in [1.165, 1.54) is 12.1 Å². The number of benzene rings is 2. The number of phenols is 1. The smallest absolute Gasteiger partial charge is 0.416 e. The predicted molar refractivity (Wildman–Crippen MR) is 88.1 cm³/mol. The molecule has 27 heavy (non-hydrogen) atoms. The van der Waals surface area contributed by atoms with Crippen molar-refractivity contribution < 1.29 is 37.3 Å². The van der Waals surface area contributed by atoms with Gasteiger partial charge in [0.1, 0.15) is 19.0 Å². The Morgan fingerprint density at radius 2 is 1.81 bits per heavy atom. The Morgan fingerprint density at radius 3 is 2.48 bits per heavy atom. The maximum atomic E-state index is 12.9. The van der Waals surface area contributed by atoms with E-state index in [2.05, 4.69) is 5.32 Å². The number of nitrogens with one attached hydrogen (secondary N) is 1. The van der Waals surface area contributed by atoms with Crippen LogP contribution in [0.1, 0.15) is 5.56 Å². The van der Waals surface area contributed by atoms with E-state index in [4.69, 9.17) is 9.47 Å². The third kappa shape index (κ3) is 4.05. The van der Waals surface area contributed by atoms with Crippen LogP contribution in [0.3, 0.4) is 0 Å². The fourth-order valence-corrected chi connectivity index (χ4v) is 2.43. The molecule has 1 aliphatic heterocycles. The standard InChI is InChI=1S/C17H13F3N2O5/c18-17(19,20)10-5-12(8-13(24)6-10)22(9-23)16(25)21-11-1-2-14-15(7-11)27-4-3-26-14/h1-2,5-9,24H,3-4H2,(H,21,25). The fraction of sp³-hybridized carbons (Fsp3) is 0.176. The molecule has 7 nitrogen and oxygen atoms in total. The lowest BCUT2D eigenvalue weighted by molar-refractivity contribution is -0.137. The molecule has 0 saturated heterocycles. The van der Waals surface area contributed by atoms with Crippen molar-refractivity contribution in [2.45, 2.75) is 6.18 Å². The molecule has 0 fully saturated rings. The van der Waals surface area contributed by atoms with Crippen LogP contribution in [0.4, 0.5) is 29.3 Å². The summed E-state index contributed by atoms with van der Waals surface area (Å²) in [6, 6.07) is 5.42. The Hall–Kier alpha value is -3.43. The maximum absolute atomic E-state index is 12.9. The second kappa shape index (κ2) is 7.06. The van der Waals surface area contributed by atoms with Crippen LogP contribution >= 0.6 is 0 Å². The van der Waals surface area contributed by atoms with Gasteiger partial charge in [-0.1, -0.05) is 0 Å². The number of urea groups is 1. The first kappa shape index (κ1) is 18.4. The number of carbonyl (C=O) groups excluding carboxylic acids is 2. The second-order valence-electron chi connectivity index (χ2n) is 5.50. The van der Waals surface area contributed by atoms with Crippen molar-refractivity contribution in [2.75, 3.05) is 23.4 Å². The van der Waals surface area contributed by atoms with Crippen molar-refractivity contribution in [2.24, 2.45) is 0 Å². The van der Waals surface area contributed by atoms with Gasteiger partial charge >= 0.3 is 12.2 Å². The number of ether oxygens (including phenoxy) is 2. The number of imide groups is 1. The molecule has 2 aromatic rings. The van der Waals surface area contributed by atoms with Gasteiger partial charge in [-0.3, -0.25) is 4.79 Å². The topological polar surface area (TPSA) is 88.1 Å². The molecule has 0 aliphatic carbocycles. The van der Waals surface area contributed by atoms with Gasteiger partial charge in [-0.05, 0) is 24.3 Å². The van der Waals surface area contributed by atoms with Crippen molar-refractivity contribution in [1.29, 1.82) is 0 Å². The highest BCUT2D eigenvalue weighted by Crippen LogP contribution is 2.35. The number of halogens is 3. The van der Waals surface area contributed by atoms with Crippen LogP contribution in [0.25, 0.3) is 0 Å². The number of aromatic hydroxyl groups is 1. The zero-order chi connectivity index (χ0) is 19.6. The Morgan fingerprint density at radius 1 is 1.11 bits per heavy atom. The molecule has 0 atom stereocenters. The minimum absolute atomic E-state index is 0.0439. The average Bonchev–Trinajstić information content (AvgIpc) is 2.61. The molecule has 2 aromatic carbocycles. The van der Waals surface area contributed by atoms with E-state index in [-0.39, 0.29) is 12.1 Å². The zero-order valence-corrected chi connectivity index (χ0v) is 13.6. The molecule has 0 radical (unpaired) electrons. The molecule has 0 unspecified atom stereocenters. The number of hydrogen-bond acceptors (Lipinski definition) is 5. The summed E-state index contributed by atoms with van der Waals surface area (Å²) in [5.74, 6) is 0.126. The van der Waals surface area contributed by atoms with E-state index in [9.17, 15) is 27.9 Å². The molecule has 0 spiro atoms. The lowest BCUT2D eigenvalue weighted by Crippen LogP contribution is -2.34. The number of phenolic OH excluding ortho intramolecular Hbond substituents is 1. The summed E-state index contributed by atoms with van der Waals surface area (Å²) < 4.78 is 49.3. The zero-order valence-electron chi connectivity index (χ0n) is 13.6. The van der Waals surface area contributed by atoms with Crippen molar-refractivity contribution in [1.82, 2.24) is 0 Å². The van der Waals surface area contributed by atoms with Gasteiger partial charge < -0.3 is 19.9 Å². The Bertz CT molecular complexity index is 885. The third-order valence-electron chi connectivity index (χ3n) is 3.63. The lowest BCUT2D eigenvalue weighted by Gasteiger charge is -2.21. The first-order valence-corrected chi connectivity index (χ1v) is 7.64.